The molecule has 1 heterocycles. The fourth-order valence-corrected chi connectivity index (χ4v) is 3.46. The van der Waals surface area contributed by atoms with E-state index in [4.69, 9.17) is 37.4 Å². The molecule has 5 nitrogen and oxygen atoms in total. The molecule has 0 saturated carbocycles. The van der Waals surface area contributed by atoms with Crippen LogP contribution in [-0.2, 0) is 17.9 Å². The summed E-state index contributed by atoms with van der Waals surface area (Å²) in [4.78, 5) is 2.40. The largest absolute Gasteiger partial charge is 1.00 e. The third kappa shape index (κ3) is 8.31. The van der Waals surface area contributed by atoms with Crippen LogP contribution in [0.3, 0.4) is 0 Å². The van der Waals surface area contributed by atoms with Crippen molar-refractivity contribution in [3.8, 4) is 11.5 Å². The van der Waals surface area contributed by atoms with Crippen molar-refractivity contribution in [2.24, 2.45) is 0 Å². The predicted molar refractivity (Wildman–Crippen MR) is 113 cm³/mol. The van der Waals surface area contributed by atoms with Crippen molar-refractivity contribution in [1.82, 2.24) is 10.2 Å². The first-order valence-corrected chi connectivity index (χ1v) is 10.2. The molecule has 1 fully saturated rings. The summed E-state index contributed by atoms with van der Waals surface area (Å²) >= 11 is 12.4. The second kappa shape index (κ2) is 14.2. The number of ether oxygens (including phenoxy) is 3. The number of hydrogen-bond donors (Lipinski definition) is 1. The maximum absolute atomic E-state index is 6.46. The second-order valence-electron chi connectivity index (χ2n) is 6.65. The van der Waals surface area contributed by atoms with Gasteiger partial charge in [-0.25, -0.2) is 0 Å². The summed E-state index contributed by atoms with van der Waals surface area (Å²) in [6, 6.07) is 11.4. The van der Waals surface area contributed by atoms with Crippen LogP contribution < -0.4 is 39.6 Å². The van der Waals surface area contributed by atoms with Gasteiger partial charge in [0.05, 0.1) is 25.3 Å². The van der Waals surface area contributed by atoms with Crippen molar-refractivity contribution in [3.05, 3.63) is 57.6 Å². The zero-order valence-electron chi connectivity index (χ0n) is 16.8. The summed E-state index contributed by atoms with van der Waals surface area (Å²) in [5.74, 6) is 1.18. The van der Waals surface area contributed by atoms with Crippen LogP contribution in [0.5, 0.6) is 11.5 Å². The predicted octanol–water partition coefficient (Wildman–Crippen LogP) is -1.99. The molecular weight excluding hydrogens is 470 g/mol. The Kier molecular flexibility index (Phi) is 12.8. The van der Waals surface area contributed by atoms with Crippen LogP contribution in [0.15, 0.2) is 36.4 Å². The van der Waals surface area contributed by atoms with Gasteiger partial charge in [0.25, 0.3) is 0 Å². The quantitative estimate of drug-likeness (QED) is 0.408. The number of benzene rings is 2. The van der Waals surface area contributed by atoms with Crippen molar-refractivity contribution in [2.75, 3.05) is 46.5 Å². The molecule has 3 rings (SSSR count). The fourth-order valence-electron chi connectivity index (χ4n) is 3.05. The first kappa shape index (κ1) is 27.1. The lowest BCUT2D eigenvalue weighted by Gasteiger charge is -2.26. The average molecular weight is 496 g/mol. The molecule has 0 amide bonds. The Morgan fingerprint density at radius 1 is 1.03 bits per heavy atom. The Morgan fingerprint density at radius 3 is 2.40 bits per heavy atom. The number of halogens is 4. The molecular formula is C21H26Cl4N2O3-2. The molecule has 0 aliphatic carbocycles. The van der Waals surface area contributed by atoms with Crippen molar-refractivity contribution in [1.29, 1.82) is 0 Å². The Bertz CT molecular complexity index is 757. The van der Waals surface area contributed by atoms with Crippen molar-refractivity contribution >= 4 is 23.2 Å². The van der Waals surface area contributed by atoms with E-state index >= 15 is 0 Å². The molecule has 168 valence electrons. The van der Waals surface area contributed by atoms with Gasteiger partial charge in [-0.2, -0.15) is 0 Å². The molecule has 30 heavy (non-hydrogen) atoms. The molecule has 1 N–H and O–H groups in total. The molecule has 2 aromatic rings. The summed E-state index contributed by atoms with van der Waals surface area (Å²) in [6.45, 7) is 6.68. The van der Waals surface area contributed by atoms with Crippen molar-refractivity contribution in [3.63, 3.8) is 0 Å². The highest BCUT2D eigenvalue weighted by molar-refractivity contribution is 6.32. The summed E-state index contributed by atoms with van der Waals surface area (Å²) in [6.07, 6.45) is 0. The lowest BCUT2D eigenvalue weighted by atomic mass is 10.2. The minimum atomic E-state index is 0. The minimum absolute atomic E-state index is 0. The smallest absolute Gasteiger partial charge is 0.180 e. The maximum atomic E-state index is 6.46. The number of nitrogens with zero attached hydrogens (tertiary/aromatic N) is 1. The number of methoxy groups -OCH3 is 1. The lowest BCUT2D eigenvalue weighted by Crippen LogP contribution is -3.00. The Balaban J connectivity index is 0.00000225. The highest BCUT2D eigenvalue weighted by Gasteiger charge is 2.13. The highest BCUT2D eigenvalue weighted by Crippen LogP contribution is 2.37. The van der Waals surface area contributed by atoms with Crippen LogP contribution in [0.4, 0.5) is 0 Å². The van der Waals surface area contributed by atoms with E-state index in [1.54, 1.807) is 7.11 Å². The van der Waals surface area contributed by atoms with E-state index in [0.717, 1.165) is 57.1 Å². The summed E-state index contributed by atoms with van der Waals surface area (Å²) in [5, 5.41) is 4.70. The lowest BCUT2D eigenvalue weighted by molar-refractivity contribution is -0.001000. The van der Waals surface area contributed by atoms with Gasteiger partial charge in [-0.15, -0.1) is 0 Å². The van der Waals surface area contributed by atoms with Gasteiger partial charge in [-0.05, 0) is 35.4 Å². The van der Waals surface area contributed by atoms with Crippen molar-refractivity contribution in [2.45, 2.75) is 13.2 Å². The first-order valence-electron chi connectivity index (χ1n) is 9.40. The van der Waals surface area contributed by atoms with Crippen molar-refractivity contribution < 1.29 is 39.0 Å². The van der Waals surface area contributed by atoms with Crippen LogP contribution in [0.25, 0.3) is 0 Å². The van der Waals surface area contributed by atoms with Gasteiger partial charge < -0.3 is 44.3 Å². The molecule has 0 unspecified atom stereocenters. The molecule has 0 atom stereocenters. The summed E-state index contributed by atoms with van der Waals surface area (Å²) in [7, 11) is 1.62. The van der Waals surface area contributed by atoms with E-state index in [1.165, 1.54) is 0 Å². The molecule has 1 aliphatic heterocycles. The fraction of sp³-hybridized carbons (Fsp3) is 0.429. The van der Waals surface area contributed by atoms with E-state index in [0.29, 0.717) is 28.2 Å². The maximum Gasteiger partial charge on any atom is 0.180 e. The number of nitrogens with one attached hydrogen (secondary N) is 1. The number of rotatable bonds is 9. The van der Waals surface area contributed by atoms with Gasteiger partial charge >= 0.3 is 0 Å². The van der Waals surface area contributed by atoms with Crippen LogP contribution in [0, 0.1) is 0 Å². The van der Waals surface area contributed by atoms with Crippen LogP contribution in [0.1, 0.15) is 11.1 Å². The van der Waals surface area contributed by atoms with Crippen LogP contribution >= 0.6 is 23.2 Å². The second-order valence-corrected chi connectivity index (χ2v) is 7.50. The van der Waals surface area contributed by atoms with E-state index in [2.05, 4.69) is 10.2 Å². The standard InChI is InChI=1S/C21H26Cl2N2O3.2ClH/c1-26-20-13-17(14-24-6-7-25-8-10-27-11-9-25)12-19(23)21(20)28-15-16-2-4-18(22)5-3-16;;/h2-5,12-13,24H,6-11,14-15H2,1H3;2*1H/p-2. The molecule has 0 aromatic heterocycles. The van der Waals surface area contributed by atoms with E-state index in [-0.39, 0.29) is 24.8 Å². The van der Waals surface area contributed by atoms with Gasteiger partial charge in [0, 0.05) is 37.7 Å². The first-order chi connectivity index (χ1) is 13.7. The normalized spacial score (nSPS) is 13.8. The van der Waals surface area contributed by atoms with Gasteiger partial charge in [0.1, 0.15) is 6.61 Å². The topological polar surface area (TPSA) is 43.0 Å². The Hall–Kier alpha value is -0.920. The monoisotopic (exact) mass is 494 g/mol. The third-order valence-electron chi connectivity index (χ3n) is 4.62. The van der Waals surface area contributed by atoms with Crippen LogP contribution in [0.2, 0.25) is 10.0 Å². The van der Waals surface area contributed by atoms with Gasteiger partial charge in [0.2, 0.25) is 0 Å². The summed E-state index contributed by atoms with van der Waals surface area (Å²) in [5.41, 5.74) is 2.07. The Morgan fingerprint density at radius 2 is 1.73 bits per heavy atom. The molecule has 9 heteroatoms. The zero-order valence-corrected chi connectivity index (χ0v) is 19.8. The van der Waals surface area contributed by atoms with Gasteiger partial charge in [0.15, 0.2) is 11.5 Å². The SMILES string of the molecule is COc1cc(CNCCN2CCOCC2)cc(Cl)c1OCc1ccc(Cl)cc1.[Cl-].[Cl-]. The number of morpholine rings is 1. The molecule has 0 bridgehead atoms. The molecule has 0 radical (unpaired) electrons. The van der Waals surface area contributed by atoms with Crippen LogP contribution in [-0.4, -0.2) is 51.4 Å². The molecule has 2 aromatic carbocycles. The molecule has 1 saturated heterocycles. The van der Waals surface area contributed by atoms with E-state index in [1.807, 2.05) is 36.4 Å². The average Bonchev–Trinajstić information content (AvgIpc) is 2.72. The molecule has 1 aliphatic rings. The Labute approximate surface area is 200 Å². The van der Waals surface area contributed by atoms with Gasteiger partial charge in [-0.3, -0.25) is 4.90 Å². The van der Waals surface area contributed by atoms with E-state index < -0.39 is 0 Å². The third-order valence-corrected chi connectivity index (χ3v) is 5.16. The highest BCUT2D eigenvalue weighted by atomic mass is 35.5. The van der Waals surface area contributed by atoms with E-state index in [9.17, 15) is 0 Å². The minimum Gasteiger partial charge on any atom is -1.00 e. The van der Waals surface area contributed by atoms with Gasteiger partial charge in [-0.1, -0.05) is 35.3 Å². The zero-order chi connectivity index (χ0) is 19.8. The number of hydrogen-bond acceptors (Lipinski definition) is 5. The summed E-state index contributed by atoms with van der Waals surface area (Å²) < 4.78 is 16.8. The molecule has 0 spiro atoms.